The van der Waals surface area contributed by atoms with Gasteiger partial charge >= 0.3 is 0 Å². The highest BCUT2D eigenvalue weighted by molar-refractivity contribution is 5.47. The van der Waals surface area contributed by atoms with Crippen LogP contribution in [0.15, 0.2) is 18.3 Å². The molecule has 4 heteroatoms. The van der Waals surface area contributed by atoms with Gasteiger partial charge in [-0.25, -0.2) is 4.98 Å². The maximum atomic E-state index is 5.95. The molecule has 112 valence electrons. The molecule has 1 aromatic heterocycles. The van der Waals surface area contributed by atoms with Crippen LogP contribution in [0.25, 0.3) is 0 Å². The van der Waals surface area contributed by atoms with Crippen LogP contribution < -0.4 is 10.6 Å². The highest BCUT2D eigenvalue weighted by Crippen LogP contribution is 2.37. The maximum Gasteiger partial charge on any atom is 0.131 e. The van der Waals surface area contributed by atoms with E-state index in [4.69, 9.17) is 5.73 Å². The van der Waals surface area contributed by atoms with Crippen LogP contribution in [0.5, 0.6) is 0 Å². The number of pyridine rings is 1. The zero-order valence-corrected chi connectivity index (χ0v) is 13.3. The van der Waals surface area contributed by atoms with Crippen LogP contribution in [0, 0.1) is 0 Å². The summed E-state index contributed by atoms with van der Waals surface area (Å²) in [7, 11) is 6.53. The molecular weight excluding hydrogens is 248 g/mol. The second kappa shape index (κ2) is 6.10. The SMILES string of the molecule is CC(N)Cc1cccnc1N(C)CC1(N(C)C)CCC1. The van der Waals surface area contributed by atoms with Crippen molar-refractivity contribution in [2.45, 2.75) is 44.2 Å². The number of nitrogens with two attached hydrogens (primary N) is 1. The molecule has 20 heavy (non-hydrogen) atoms. The van der Waals surface area contributed by atoms with E-state index < -0.39 is 0 Å². The molecular formula is C16H28N4. The van der Waals surface area contributed by atoms with Crippen LogP contribution in [0.2, 0.25) is 0 Å². The zero-order valence-electron chi connectivity index (χ0n) is 13.3. The first-order valence-electron chi connectivity index (χ1n) is 7.53. The van der Waals surface area contributed by atoms with Crippen molar-refractivity contribution in [1.82, 2.24) is 9.88 Å². The number of likely N-dealkylation sites (N-methyl/N-ethyl adjacent to an activating group) is 2. The van der Waals surface area contributed by atoms with Gasteiger partial charge in [-0.15, -0.1) is 0 Å². The highest BCUT2D eigenvalue weighted by atomic mass is 15.2. The van der Waals surface area contributed by atoms with E-state index in [1.165, 1.54) is 24.8 Å². The molecule has 0 aromatic carbocycles. The Morgan fingerprint density at radius 3 is 2.55 bits per heavy atom. The lowest BCUT2D eigenvalue weighted by Gasteiger charge is -2.49. The van der Waals surface area contributed by atoms with E-state index in [1.54, 1.807) is 0 Å². The second-order valence-corrected chi connectivity index (χ2v) is 6.50. The quantitative estimate of drug-likeness (QED) is 0.862. The van der Waals surface area contributed by atoms with Gasteiger partial charge in [0, 0.05) is 31.4 Å². The molecule has 0 saturated heterocycles. The molecule has 2 rings (SSSR count). The molecule has 0 radical (unpaired) electrons. The molecule has 0 spiro atoms. The van der Waals surface area contributed by atoms with Crippen molar-refractivity contribution in [1.29, 1.82) is 0 Å². The summed E-state index contributed by atoms with van der Waals surface area (Å²) >= 11 is 0. The fourth-order valence-electron chi connectivity index (χ4n) is 3.13. The van der Waals surface area contributed by atoms with Crippen molar-refractivity contribution in [3.8, 4) is 0 Å². The molecule has 1 unspecified atom stereocenters. The third-order valence-electron chi connectivity index (χ3n) is 4.54. The van der Waals surface area contributed by atoms with Crippen LogP contribution in [0.1, 0.15) is 31.7 Å². The average Bonchev–Trinajstić information content (AvgIpc) is 2.33. The monoisotopic (exact) mass is 276 g/mol. The predicted molar refractivity (Wildman–Crippen MR) is 85.1 cm³/mol. The topological polar surface area (TPSA) is 45.4 Å². The Kier molecular flexibility index (Phi) is 4.66. The van der Waals surface area contributed by atoms with Crippen LogP contribution in [-0.2, 0) is 6.42 Å². The summed E-state index contributed by atoms with van der Waals surface area (Å²) in [5, 5.41) is 0. The molecule has 0 bridgehead atoms. The third kappa shape index (κ3) is 3.13. The Balaban J connectivity index is 2.14. The molecule has 1 heterocycles. The summed E-state index contributed by atoms with van der Waals surface area (Å²) in [6.07, 6.45) is 6.64. The Hall–Kier alpha value is -1.13. The van der Waals surface area contributed by atoms with E-state index in [9.17, 15) is 0 Å². The van der Waals surface area contributed by atoms with Gasteiger partial charge < -0.3 is 15.5 Å². The number of anilines is 1. The van der Waals surface area contributed by atoms with Gasteiger partial charge in [0.05, 0.1) is 0 Å². The molecule has 1 aromatic rings. The summed E-state index contributed by atoms with van der Waals surface area (Å²) in [5.74, 6) is 1.08. The van der Waals surface area contributed by atoms with Crippen molar-refractivity contribution >= 4 is 5.82 Å². The van der Waals surface area contributed by atoms with Crippen LogP contribution in [0.3, 0.4) is 0 Å². The number of rotatable bonds is 6. The molecule has 1 aliphatic carbocycles. The van der Waals surface area contributed by atoms with Gasteiger partial charge in [0.1, 0.15) is 5.82 Å². The number of hydrogen-bond acceptors (Lipinski definition) is 4. The van der Waals surface area contributed by atoms with Gasteiger partial charge in [-0.05, 0) is 58.3 Å². The standard InChI is InChI=1S/C16H28N4/c1-13(17)11-14-7-5-10-18-15(14)20(4)12-16(19(2)3)8-6-9-16/h5,7,10,13H,6,8-9,11-12,17H2,1-4H3. The summed E-state index contributed by atoms with van der Waals surface area (Å²) in [6.45, 7) is 3.08. The van der Waals surface area contributed by atoms with Gasteiger partial charge in [-0.2, -0.15) is 0 Å². The summed E-state index contributed by atoms with van der Waals surface area (Å²) in [5.41, 5.74) is 7.52. The summed E-state index contributed by atoms with van der Waals surface area (Å²) in [4.78, 5) is 9.26. The normalized spacial score (nSPS) is 18.7. The van der Waals surface area contributed by atoms with E-state index in [1.807, 2.05) is 19.2 Å². The van der Waals surface area contributed by atoms with E-state index in [0.29, 0.717) is 5.54 Å². The fourth-order valence-corrected chi connectivity index (χ4v) is 3.13. The Morgan fingerprint density at radius 2 is 2.05 bits per heavy atom. The fraction of sp³-hybridized carbons (Fsp3) is 0.688. The Bertz CT molecular complexity index is 438. The third-order valence-corrected chi connectivity index (χ3v) is 4.54. The minimum Gasteiger partial charge on any atom is -0.358 e. The highest BCUT2D eigenvalue weighted by Gasteiger charge is 2.40. The van der Waals surface area contributed by atoms with Crippen LogP contribution in [0.4, 0.5) is 5.82 Å². The Morgan fingerprint density at radius 1 is 1.35 bits per heavy atom. The Labute approximate surface area is 123 Å². The number of nitrogens with zero attached hydrogens (tertiary/aromatic N) is 3. The van der Waals surface area contributed by atoms with Crippen molar-refractivity contribution < 1.29 is 0 Å². The smallest absolute Gasteiger partial charge is 0.131 e. The van der Waals surface area contributed by atoms with E-state index in [2.05, 4.69) is 42.0 Å². The summed E-state index contributed by atoms with van der Waals surface area (Å²) in [6, 6.07) is 4.31. The van der Waals surface area contributed by atoms with E-state index in [0.717, 1.165) is 18.8 Å². The molecule has 1 fully saturated rings. The molecule has 0 amide bonds. The van der Waals surface area contributed by atoms with Gasteiger partial charge in [-0.1, -0.05) is 6.07 Å². The second-order valence-electron chi connectivity index (χ2n) is 6.50. The average molecular weight is 276 g/mol. The van der Waals surface area contributed by atoms with Gasteiger partial charge in [0.25, 0.3) is 0 Å². The lowest BCUT2D eigenvalue weighted by Crippen LogP contribution is -2.57. The molecule has 1 atom stereocenters. The maximum absolute atomic E-state index is 5.95. The molecule has 4 nitrogen and oxygen atoms in total. The minimum absolute atomic E-state index is 0.165. The summed E-state index contributed by atoms with van der Waals surface area (Å²) < 4.78 is 0. The molecule has 0 aliphatic heterocycles. The van der Waals surface area contributed by atoms with Crippen LogP contribution in [-0.4, -0.2) is 49.2 Å². The molecule has 1 saturated carbocycles. The van der Waals surface area contributed by atoms with E-state index >= 15 is 0 Å². The van der Waals surface area contributed by atoms with Crippen molar-refractivity contribution in [3.63, 3.8) is 0 Å². The van der Waals surface area contributed by atoms with E-state index in [-0.39, 0.29) is 6.04 Å². The lowest BCUT2D eigenvalue weighted by atomic mass is 9.75. The van der Waals surface area contributed by atoms with Gasteiger partial charge in [0.15, 0.2) is 0 Å². The first-order valence-corrected chi connectivity index (χ1v) is 7.53. The van der Waals surface area contributed by atoms with Crippen LogP contribution >= 0.6 is 0 Å². The van der Waals surface area contributed by atoms with Crippen molar-refractivity contribution in [2.24, 2.45) is 5.73 Å². The van der Waals surface area contributed by atoms with Gasteiger partial charge in [0.2, 0.25) is 0 Å². The number of aromatic nitrogens is 1. The first kappa shape index (κ1) is 15.3. The molecule has 2 N–H and O–H groups in total. The first-order chi connectivity index (χ1) is 9.44. The van der Waals surface area contributed by atoms with Crippen molar-refractivity contribution in [2.75, 3.05) is 32.6 Å². The molecule has 1 aliphatic rings. The lowest BCUT2D eigenvalue weighted by molar-refractivity contribution is 0.0681. The minimum atomic E-state index is 0.165. The van der Waals surface area contributed by atoms with Crippen molar-refractivity contribution in [3.05, 3.63) is 23.9 Å². The number of hydrogen-bond donors (Lipinski definition) is 1. The zero-order chi connectivity index (χ0) is 14.8. The predicted octanol–water partition coefficient (Wildman–Crippen LogP) is 1.89. The van der Waals surface area contributed by atoms with Gasteiger partial charge in [-0.3, -0.25) is 0 Å². The largest absolute Gasteiger partial charge is 0.358 e.